The Morgan fingerprint density at radius 2 is 2.12 bits per heavy atom. The molecule has 1 aromatic carbocycles. The molecule has 0 unspecified atom stereocenters. The number of nitrogens with one attached hydrogen (secondary N) is 1. The van der Waals surface area contributed by atoms with Gasteiger partial charge in [-0.2, -0.15) is 0 Å². The smallest absolute Gasteiger partial charge is 0.249 e. The van der Waals surface area contributed by atoms with E-state index in [4.69, 9.17) is 9.47 Å². The number of rotatable bonds is 8. The van der Waals surface area contributed by atoms with Gasteiger partial charge in [0.1, 0.15) is 6.10 Å². The van der Waals surface area contributed by atoms with Gasteiger partial charge in [-0.15, -0.1) is 0 Å². The van der Waals surface area contributed by atoms with Crippen molar-refractivity contribution in [3.8, 4) is 0 Å². The van der Waals surface area contributed by atoms with Crippen molar-refractivity contribution in [2.24, 2.45) is 0 Å². The Morgan fingerprint density at radius 1 is 1.40 bits per heavy atom. The highest BCUT2D eigenvalue weighted by atomic mass is 32.2. The van der Waals surface area contributed by atoms with Gasteiger partial charge in [-0.05, 0) is 31.4 Å². The maximum absolute atomic E-state index is 12.4. The number of amides is 1. The van der Waals surface area contributed by atoms with E-state index in [-0.39, 0.29) is 23.5 Å². The third-order valence-electron chi connectivity index (χ3n) is 4.11. The summed E-state index contributed by atoms with van der Waals surface area (Å²) >= 11 is 0. The van der Waals surface area contributed by atoms with Crippen LogP contribution >= 0.6 is 0 Å². The van der Waals surface area contributed by atoms with Crippen LogP contribution in [-0.4, -0.2) is 58.1 Å². The fourth-order valence-electron chi connectivity index (χ4n) is 2.53. The van der Waals surface area contributed by atoms with Crippen molar-refractivity contribution >= 4 is 15.9 Å². The molecule has 0 saturated carbocycles. The first-order valence-electron chi connectivity index (χ1n) is 8.33. The van der Waals surface area contributed by atoms with E-state index in [2.05, 4.69) is 5.32 Å². The van der Waals surface area contributed by atoms with E-state index in [1.165, 1.54) is 20.2 Å². The fourth-order valence-corrected chi connectivity index (χ4v) is 3.64. The molecule has 2 rings (SSSR count). The van der Waals surface area contributed by atoms with Crippen molar-refractivity contribution in [3.63, 3.8) is 0 Å². The summed E-state index contributed by atoms with van der Waals surface area (Å²) < 4.78 is 36.9. The van der Waals surface area contributed by atoms with Gasteiger partial charge in [-0.25, -0.2) is 12.7 Å². The second-order valence-electron chi connectivity index (χ2n) is 6.22. The lowest BCUT2D eigenvalue weighted by Gasteiger charge is -2.18. The summed E-state index contributed by atoms with van der Waals surface area (Å²) in [6, 6.07) is 6.63. The van der Waals surface area contributed by atoms with Crippen molar-refractivity contribution in [1.29, 1.82) is 0 Å². The topological polar surface area (TPSA) is 84.9 Å². The molecular formula is C17H26N2O5S. The van der Waals surface area contributed by atoms with Crippen LogP contribution in [0.15, 0.2) is 29.2 Å². The lowest BCUT2D eigenvalue weighted by atomic mass is 10.2. The second kappa shape index (κ2) is 8.75. The highest BCUT2D eigenvalue weighted by Crippen LogP contribution is 2.18. The van der Waals surface area contributed by atoms with Gasteiger partial charge in [0.15, 0.2) is 0 Å². The summed E-state index contributed by atoms with van der Waals surface area (Å²) in [7, 11) is -0.607. The number of sulfonamides is 1. The quantitative estimate of drug-likeness (QED) is 0.742. The summed E-state index contributed by atoms with van der Waals surface area (Å²) in [6.45, 7) is 2.92. The van der Waals surface area contributed by atoms with Crippen LogP contribution in [0.4, 0.5) is 0 Å². The molecule has 0 aliphatic carbocycles. The van der Waals surface area contributed by atoms with Crippen LogP contribution < -0.4 is 5.32 Å². The molecule has 0 bridgehead atoms. The third-order valence-corrected chi connectivity index (χ3v) is 6.03. The van der Waals surface area contributed by atoms with Gasteiger partial charge in [0.2, 0.25) is 15.9 Å². The Kier molecular flexibility index (Phi) is 6.95. The molecule has 0 aromatic heterocycles. The highest BCUT2D eigenvalue weighted by molar-refractivity contribution is 7.89. The van der Waals surface area contributed by atoms with Crippen molar-refractivity contribution in [1.82, 2.24) is 9.62 Å². The number of nitrogens with zero attached hydrogens (tertiary/aromatic N) is 1. The van der Waals surface area contributed by atoms with Gasteiger partial charge < -0.3 is 14.8 Å². The molecule has 1 aliphatic rings. The van der Waals surface area contributed by atoms with Gasteiger partial charge in [-0.1, -0.05) is 18.2 Å². The minimum absolute atomic E-state index is 0.0567. The van der Waals surface area contributed by atoms with Gasteiger partial charge in [0.25, 0.3) is 0 Å². The van der Waals surface area contributed by atoms with E-state index < -0.39 is 16.1 Å². The summed E-state index contributed by atoms with van der Waals surface area (Å²) in [5.74, 6) is -0.282. The van der Waals surface area contributed by atoms with Crippen LogP contribution in [0.3, 0.4) is 0 Å². The Balaban J connectivity index is 1.93. The van der Waals surface area contributed by atoms with Crippen LogP contribution in [0.25, 0.3) is 0 Å². The predicted octanol–water partition coefficient (Wildman–Crippen LogP) is 1.14. The van der Waals surface area contributed by atoms with Crippen molar-refractivity contribution < 1.29 is 22.7 Å². The summed E-state index contributed by atoms with van der Waals surface area (Å²) in [6.07, 6.45) is 1.40. The van der Waals surface area contributed by atoms with Crippen molar-refractivity contribution in [2.45, 2.75) is 43.4 Å². The molecule has 1 aliphatic heterocycles. The fraction of sp³-hybridized carbons (Fsp3) is 0.588. The SMILES string of the molecule is C[C@@H](OC[C@H]1CCCO1)C(=O)NCc1ccccc1S(=O)(=O)N(C)C. The molecule has 1 amide bonds. The molecular weight excluding hydrogens is 344 g/mol. The van der Waals surface area contributed by atoms with Crippen molar-refractivity contribution in [3.05, 3.63) is 29.8 Å². The van der Waals surface area contributed by atoms with E-state index >= 15 is 0 Å². The van der Waals surface area contributed by atoms with Crippen LogP contribution in [0.2, 0.25) is 0 Å². The van der Waals surface area contributed by atoms with Gasteiger partial charge in [0.05, 0.1) is 17.6 Å². The largest absolute Gasteiger partial charge is 0.376 e. The average molecular weight is 370 g/mol. The summed E-state index contributed by atoms with van der Waals surface area (Å²) in [5.41, 5.74) is 0.538. The minimum Gasteiger partial charge on any atom is -0.376 e. The Morgan fingerprint density at radius 3 is 2.76 bits per heavy atom. The second-order valence-corrected chi connectivity index (χ2v) is 8.34. The Labute approximate surface area is 149 Å². The number of benzene rings is 1. The highest BCUT2D eigenvalue weighted by Gasteiger charge is 2.22. The lowest BCUT2D eigenvalue weighted by molar-refractivity contribution is -0.133. The predicted molar refractivity (Wildman–Crippen MR) is 93.5 cm³/mol. The zero-order valence-corrected chi connectivity index (χ0v) is 15.7. The third kappa shape index (κ3) is 5.24. The van der Waals surface area contributed by atoms with Crippen LogP contribution in [-0.2, 0) is 30.8 Å². The summed E-state index contributed by atoms with van der Waals surface area (Å²) in [5, 5.41) is 2.74. The molecule has 25 heavy (non-hydrogen) atoms. The van der Waals surface area contributed by atoms with E-state index in [0.29, 0.717) is 12.2 Å². The number of hydrogen-bond donors (Lipinski definition) is 1. The van der Waals surface area contributed by atoms with Gasteiger partial charge >= 0.3 is 0 Å². The van der Waals surface area contributed by atoms with Crippen LogP contribution in [0, 0.1) is 0 Å². The Bertz CT molecular complexity index is 684. The van der Waals surface area contributed by atoms with Crippen LogP contribution in [0.5, 0.6) is 0 Å². The normalized spacial score (nSPS) is 19.1. The first kappa shape index (κ1) is 19.8. The summed E-state index contributed by atoms with van der Waals surface area (Å²) in [4.78, 5) is 12.4. The van der Waals surface area contributed by atoms with Crippen LogP contribution in [0.1, 0.15) is 25.3 Å². The molecule has 0 radical (unpaired) electrons. The molecule has 7 nitrogen and oxygen atoms in total. The molecule has 2 atom stereocenters. The number of ether oxygens (including phenoxy) is 2. The average Bonchev–Trinajstić information content (AvgIpc) is 3.11. The minimum atomic E-state index is -3.56. The monoisotopic (exact) mass is 370 g/mol. The number of hydrogen-bond acceptors (Lipinski definition) is 5. The zero-order valence-electron chi connectivity index (χ0n) is 14.9. The zero-order chi connectivity index (χ0) is 18.4. The molecule has 1 heterocycles. The molecule has 1 saturated heterocycles. The van der Waals surface area contributed by atoms with E-state index in [1.807, 2.05) is 0 Å². The molecule has 1 fully saturated rings. The van der Waals surface area contributed by atoms with E-state index in [0.717, 1.165) is 23.8 Å². The van der Waals surface area contributed by atoms with E-state index in [1.54, 1.807) is 25.1 Å². The van der Waals surface area contributed by atoms with Gasteiger partial charge in [-0.3, -0.25) is 4.79 Å². The standard InChI is InChI=1S/C17H26N2O5S/c1-13(24-12-15-8-6-10-23-15)17(20)18-11-14-7-4-5-9-16(14)25(21,22)19(2)3/h4-5,7,9,13,15H,6,8,10-12H2,1-3H3,(H,18,20)/t13-,15-/m1/s1. The van der Waals surface area contributed by atoms with E-state index in [9.17, 15) is 13.2 Å². The Hall–Kier alpha value is -1.48. The molecule has 1 N–H and O–H groups in total. The first-order valence-corrected chi connectivity index (χ1v) is 9.77. The molecule has 8 heteroatoms. The molecule has 1 aromatic rings. The molecule has 140 valence electrons. The first-order chi connectivity index (χ1) is 11.8. The molecule has 0 spiro atoms. The maximum atomic E-state index is 12.4. The lowest BCUT2D eigenvalue weighted by Crippen LogP contribution is -2.36. The number of carbonyl (C=O) groups is 1. The van der Waals surface area contributed by atoms with Gasteiger partial charge in [0, 0.05) is 27.2 Å². The van der Waals surface area contributed by atoms with Crippen molar-refractivity contribution in [2.75, 3.05) is 27.3 Å². The number of carbonyl (C=O) groups excluding carboxylic acids is 1. The maximum Gasteiger partial charge on any atom is 0.249 e.